The lowest BCUT2D eigenvalue weighted by Crippen LogP contribution is -2.24. The smallest absolute Gasteiger partial charge is 0.227 e. The lowest BCUT2D eigenvalue weighted by atomic mass is 9.93. The lowest BCUT2D eigenvalue weighted by Gasteiger charge is -2.19. The Labute approximate surface area is 254 Å². The van der Waals surface area contributed by atoms with Gasteiger partial charge in [-0.3, -0.25) is 9.59 Å². The van der Waals surface area contributed by atoms with Crippen LogP contribution in [0.3, 0.4) is 0 Å². The van der Waals surface area contributed by atoms with Gasteiger partial charge in [-0.15, -0.1) is 0 Å². The summed E-state index contributed by atoms with van der Waals surface area (Å²) in [5.41, 5.74) is 2.76. The van der Waals surface area contributed by atoms with E-state index in [-0.39, 0.29) is 23.7 Å². The van der Waals surface area contributed by atoms with E-state index in [1.165, 1.54) is 70.6 Å². The van der Waals surface area contributed by atoms with Gasteiger partial charge in [-0.1, -0.05) is 144 Å². The molecular formula is C37H66N2O2. The van der Waals surface area contributed by atoms with E-state index in [1.807, 2.05) is 6.07 Å². The predicted molar refractivity (Wildman–Crippen MR) is 180 cm³/mol. The molecule has 1 aromatic rings. The molecule has 0 aliphatic carbocycles. The Hall–Kier alpha value is -1.84. The average Bonchev–Trinajstić information content (AvgIpc) is 2.97. The Morgan fingerprint density at radius 2 is 0.829 bits per heavy atom. The standard InChI is InChI=1S/C37H66N2O2/c1-6-11-15-17-19-21-23-27-33(25-14-9-4)37(41)39-35-29-31(10-5)28-34(30-35)38-36(40)32(24-13-8-3)26-22-20-18-16-12-7-2/h28-30,32-33H,6-27H2,1-5H3,(H,38,40)(H,39,41). The van der Waals surface area contributed by atoms with Crippen molar-refractivity contribution in [1.29, 1.82) is 0 Å². The molecule has 0 saturated heterocycles. The minimum absolute atomic E-state index is 0.0599. The van der Waals surface area contributed by atoms with Gasteiger partial charge in [0.15, 0.2) is 0 Å². The van der Waals surface area contributed by atoms with Crippen LogP contribution < -0.4 is 10.6 Å². The van der Waals surface area contributed by atoms with Crippen LogP contribution in [0, 0.1) is 11.8 Å². The van der Waals surface area contributed by atoms with Gasteiger partial charge in [0.2, 0.25) is 11.8 Å². The maximum absolute atomic E-state index is 13.4. The molecule has 1 rings (SSSR count). The largest absolute Gasteiger partial charge is 0.326 e. The van der Waals surface area contributed by atoms with Gasteiger partial charge in [0.05, 0.1) is 0 Å². The van der Waals surface area contributed by atoms with Crippen LogP contribution in [0.5, 0.6) is 0 Å². The molecule has 0 spiro atoms. The van der Waals surface area contributed by atoms with Gasteiger partial charge in [0.25, 0.3) is 0 Å². The quantitative estimate of drug-likeness (QED) is 0.109. The normalized spacial score (nSPS) is 12.7. The summed E-state index contributed by atoms with van der Waals surface area (Å²) in [4.78, 5) is 26.8. The zero-order valence-corrected chi connectivity index (χ0v) is 27.8. The van der Waals surface area contributed by atoms with Crippen molar-refractivity contribution in [3.05, 3.63) is 23.8 Å². The maximum Gasteiger partial charge on any atom is 0.227 e. The summed E-state index contributed by atoms with van der Waals surface area (Å²) in [5, 5.41) is 6.48. The van der Waals surface area contributed by atoms with Gasteiger partial charge in [0, 0.05) is 23.2 Å². The van der Waals surface area contributed by atoms with Crippen LogP contribution in [0.2, 0.25) is 0 Å². The fraction of sp³-hybridized carbons (Fsp3) is 0.784. The van der Waals surface area contributed by atoms with Crippen LogP contribution in [-0.2, 0) is 16.0 Å². The van der Waals surface area contributed by atoms with Gasteiger partial charge in [-0.2, -0.15) is 0 Å². The summed E-state index contributed by atoms with van der Waals surface area (Å²) in [6.45, 7) is 11.0. The first-order chi connectivity index (χ1) is 20.0. The van der Waals surface area contributed by atoms with Crippen LogP contribution in [-0.4, -0.2) is 11.8 Å². The number of rotatable bonds is 26. The highest BCUT2D eigenvalue weighted by atomic mass is 16.2. The minimum Gasteiger partial charge on any atom is -0.326 e. The van der Waals surface area contributed by atoms with Gasteiger partial charge in [0.1, 0.15) is 0 Å². The summed E-state index contributed by atoms with van der Waals surface area (Å²) in [7, 11) is 0. The van der Waals surface area contributed by atoms with Crippen LogP contribution in [0.15, 0.2) is 18.2 Å². The van der Waals surface area contributed by atoms with Crippen molar-refractivity contribution in [3.63, 3.8) is 0 Å². The molecule has 0 aromatic heterocycles. The number of hydrogen-bond acceptors (Lipinski definition) is 2. The average molecular weight is 571 g/mol. The molecule has 4 nitrogen and oxygen atoms in total. The Balaban J connectivity index is 2.80. The number of nitrogens with one attached hydrogen (secondary N) is 2. The van der Waals surface area contributed by atoms with E-state index in [2.05, 4.69) is 57.4 Å². The molecule has 2 unspecified atom stereocenters. The van der Waals surface area contributed by atoms with E-state index in [9.17, 15) is 9.59 Å². The van der Waals surface area contributed by atoms with E-state index in [1.54, 1.807) is 0 Å². The maximum atomic E-state index is 13.4. The molecule has 1 aromatic carbocycles. The number of unbranched alkanes of at least 4 members (excludes halogenated alkanes) is 13. The van der Waals surface area contributed by atoms with Crippen molar-refractivity contribution >= 4 is 23.2 Å². The number of anilines is 2. The van der Waals surface area contributed by atoms with Gasteiger partial charge < -0.3 is 10.6 Å². The second-order valence-electron chi connectivity index (χ2n) is 12.4. The molecule has 2 atom stereocenters. The van der Waals surface area contributed by atoms with Crippen molar-refractivity contribution in [2.24, 2.45) is 11.8 Å². The first kappa shape index (κ1) is 37.2. The molecule has 41 heavy (non-hydrogen) atoms. The number of aryl methyl sites for hydroxylation is 1. The molecule has 0 aliphatic heterocycles. The van der Waals surface area contributed by atoms with Gasteiger partial charge in [-0.25, -0.2) is 0 Å². The number of carbonyl (C=O) groups is 2. The van der Waals surface area contributed by atoms with Crippen LogP contribution in [0.4, 0.5) is 11.4 Å². The molecule has 0 radical (unpaired) electrons. The number of amides is 2. The molecule has 4 heteroatoms. The van der Waals surface area contributed by atoms with Crippen molar-refractivity contribution in [2.45, 2.75) is 176 Å². The van der Waals surface area contributed by atoms with Gasteiger partial charge >= 0.3 is 0 Å². The Kier molecular flexibility index (Phi) is 22.4. The monoisotopic (exact) mass is 571 g/mol. The van der Waals surface area contributed by atoms with Crippen molar-refractivity contribution < 1.29 is 9.59 Å². The Morgan fingerprint density at radius 1 is 0.488 bits per heavy atom. The number of carbonyl (C=O) groups excluding carboxylic acids is 2. The molecule has 2 amide bonds. The molecule has 0 aliphatic rings. The zero-order chi connectivity index (χ0) is 30.1. The summed E-state index contributed by atoms with van der Waals surface area (Å²) in [6, 6.07) is 6.10. The summed E-state index contributed by atoms with van der Waals surface area (Å²) in [6.07, 6.45) is 25.5. The Bertz CT molecular complexity index is 806. The molecular weight excluding hydrogens is 504 g/mol. The lowest BCUT2D eigenvalue weighted by molar-refractivity contribution is -0.121. The van der Waals surface area contributed by atoms with Crippen molar-refractivity contribution in [2.75, 3.05) is 10.6 Å². The highest BCUT2D eigenvalue weighted by molar-refractivity contribution is 5.96. The molecule has 0 heterocycles. The van der Waals surface area contributed by atoms with Crippen LogP contribution in [0.25, 0.3) is 0 Å². The third-order valence-corrected chi connectivity index (χ3v) is 8.55. The topological polar surface area (TPSA) is 58.2 Å². The van der Waals surface area contributed by atoms with Crippen molar-refractivity contribution in [3.8, 4) is 0 Å². The van der Waals surface area contributed by atoms with E-state index < -0.39 is 0 Å². The second-order valence-corrected chi connectivity index (χ2v) is 12.4. The third kappa shape index (κ3) is 17.7. The predicted octanol–water partition coefficient (Wildman–Crippen LogP) is 11.6. The molecule has 0 saturated carbocycles. The SMILES string of the molecule is CCCCCCCCCC(CCCC)C(=O)Nc1cc(CC)cc(NC(=O)C(CCCC)CCCCCCCC)c1. The van der Waals surface area contributed by atoms with Crippen molar-refractivity contribution in [1.82, 2.24) is 0 Å². The summed E-state index contributed by atoms with van der Waals surface area (Å²) < 4.78 is 0. The number of hydrogen-bond donors (Lipinski definition) is 2. The van der Waals surface area contributed by atoms with E-state index in [4.69, 9.17) is 0 Å². The molecule has 0 bridgehead atoms. The second kappa shape index (κ2) is 24.7. The summed E-state index contributed by atoms with van der Waals surface area (Å²) >= 11 is 0. The fourth-order valence-corrected chi connectivity index (χ4v) is 5.76. The van der Waals surface area contributed by atoms with Crippen LogP contribution in [0.1, 0.15) is 175 Å². The van der Waals surface area contributed by atoms with E-state index in [0.717, 1.165) is 87.6 Å². The summed E-state index contributed by atoms with van der Waals surface area (Å²) in [5.74, 6) is 0.394. The first-order valence-corrected chi connectivity index (χ1v) is 17.7. The van der Waals surface area contributed by atoms with Crippen LogP contribution >= 0.6 is 0 Å². The first-order valence-electron chi connectivity index (χ1n) is 17.7. The highest BCUT2D eigenvalue weighted by Gasteiger charge is 2.20. The Morgan fingerprint density at radius 3 is 1.20 bits per heavy atom. The minimum atomic E-state index is 0.0599. The highest BCUT2D eigenvalue weighted by Crippen LogP contribution is 2.26. The third-order valence-electron chi connectivity index (χ3n) is 8.55. The number of benzene rings is 1. The molecule has 0 fully saturated rings. The molecule has 2 N–H and O–H groups in total. The van der Waals surface area contributed by atoms with E-state index in [0.29, 0.717) is 0 Å². The fourth-order valence-electron chi connectivity index (χ4n) is 5.76. The molecule has 236 valence electrons. The zero-order valence-electron chi connectivity index (χ0n) is 27.8. The van der Waals surface area contributed by atoms with Gasteiger partial charge in [-0.05, 0) is 55.9 Å². The van der Waals surface area contributed by atoms with E-state index >= 15 is 0 Å².